The third-order valence-corrected chi connectivity index (χ3v) is 4.53. The Balaban J connectivity index is 1.68. The summed E-state index contributed by atoms with van der Waals surface area (Å²) < 4.78 is 5.74. The van der Waals surface area contributed by atoms with Crippen LogP contribution in [-0.4, -0.2) is 49.2 Å². The number of nitrogens with two attached hydrogens (primary N) is 1. The molecule has 0 spiro atoms. The van der Waals surface area contributed by atoms with Crippen LogP contribution in [0, 0.1) is 0 Å². The molecule has 5 nitrogen and oxygen atoms in total. The number of rotatable bonds is 7. The normalized spacial score (nSPS) is 24.3. The monoisotopic (exact) mass is 333 g/mol. The Hall–Kier alpha value is -1.43. The van der Waals surface area contributed by atoms with Crippen LogP contribution in [0.3, 0.4) is 0 Å². The standard InChI is InChI=1S/C19H31N3O2/c1-15-13-22(14-16(2)24-15)12-8-7-11-21-18(23)19(3,20)17-9-5-4-6-10-17/h4-6,9-10,15-16H,7-8,11-14,20H2,1-3H3,(H,21,23). The van der Waals surface area contributed by atoms with E-state index < -0.39 is 5.54 Å². The molecule has 134 valence electrons. The third kappa shape index (κ3) is 5.30. The van der Waals surface area contributed by atoms with E-state index in [1.807, 2.05) is 30.3 Å². The molecule has 1 aliphatic heterocycles. The van der Waals surface area contributed by atoms with Crippen LogP contribution in [0.25, 0.3) is 0 Å². The number of amides is 1. The van der Waals surface area contributed by atoms with Crippen LogP contribution >= 0.6 is 0 Å². The van der Waals surface area contributed by atoms with Crippen LogP contribution in [0.5, 0.6) is 0 Å². The fourth-order valence-corrected chi connectivity index (χ4v) is 3.23. The molecule has 3 unspecified atom stereocenters. The first-order valence-electron chi connectivity index (χ1n) is 8.90. The first-order chi connectivity index (χ1) is 11.4. The summed E-state index contributed by atoms with van der Waals surface area (Å²) in [5.74, 6) is -0.123. The van der Waals surface area contributed by atoms with Crippen LogP contribution in [0.1, 0.15) is 39.2 Å². The Morgan fingerprint density at radius 1 is 1.25 bits per heavy atom. The first kappa shape index (κ1) is 18.9. The number of hydrogen-bond donors (Lipinski definition) is 2. The first-order valence-corrected chi connectivity index (χ1v) is 8.90. The van der Waals surface area contributed by atoms with Crippen LogP contribution < -0.4 is 11.1 Å². The van der Waals surface area contributed by atoms with Crippen molar-refractivity contribution in [3.63, 3.8) is 0 Å². The van der Waals surface area contributed by atoms with Gasteiger partial charge in [-0.15, -0.1) is 0 Å². The topological polar surface area (TPSA) is 67.6 Å². The van der Waals surface area contributed by atoms with Gasteiger partial charge in [0.1, 0.15) is 5.54 Å². The molecule has 1 aromatic rings. The number of hydrogen-bond acceptors (Lipinski definition) is 4. The van der Waals surface area contributed by atoms with Crippen molar-refractivity contribution in [1.82, 2.24) is 10.2 Å². The summed E-state index contributed by atoms with van der Waals surface area (Å²) in [6.07, 6.45) is 2.62. The minimum absolute atomic E-state index is 0.123. The number of carbonyl (C=O) groups excluding carboxylic acids is 1. The second-order valence-electron chi connectivity index (χ2n) is 7.05. The van der Waals surface area contributed by atoms with E-state index in [0.29, 0.717) is 18.8 Å². The van der Waals surface area contributed by atoms with Gasteiger partial charge in [0.15, 0.2) is 0 Å². The lowest BCUT2D eigenvalue weighted by Gasteiger charge is -2.35. The van der Waals surface area contributed by atoms with Gasteiger partial charge in [-0.05, 0) is 45.7 Å². The Bertz CT molecular complexity index is 509. The summed E-state index contributed by atoms with van der Waals surface area (Å²) in [4.78, 5) is 14.8. The maximum Gasteiger partial charge on any atom is 0.244 e. The molecule has 3 N–H and O–H groups in total. The van der Waals surface area contributed by atoms with Gasteiger partial charge in [-0.2, -0.15) is 0 Å². The number of ether oxygens (including phenoxy) is 1. The van der Waals surface area contributed by atoms with Gasteiger partial charge in [0.05, 0.1) is 12.2 Å². The van der Waals surface area contributed by atoms with Crippen LogP contribution in [0.15, 0.2) is 30.3 Å². The zero-order valence-corrected chi connectivity index (χ0v) is 15.1. The molecule has 1 aliphatic rings. The van der Waals surface area contributed by atoms with Gasteiger partial charge >= 0.3 is 0 Å². The van der Waals surface area contributed by atoms with Crippen molar-refractivity contribution in [2.75, 3.05) is 26.2 Å². The molecule has 24 heavy (non-hydrogen) atoms. The van der Waals surface area contributed by atoms with Crippen LogP contribution in [-0.2, 0) is 15.1 Å². The summed E-state index contributed by atoms with van der Waals surface area (Å²) in [6, 6.07) is 9.50. The van der Waals surface area contributed by atoms with E-state index in [4.69, 9.17) is 10.5 Å². The van der Waals surface area contributed by atoms with Crippen molar-refractivity contribution in [3.8, 4) is 0 Å². The largest absolute Gasteiger partial charge is 0.373 e. The zero-order chi connectivity index (χ0) is 17.6. The van der Waals surface area contributed by atoms with E-state index in [1.165, 1.54) is 0 Å². The van der Waals surface area contributed by atoms with Crippen molar-refractivity contribution >= 4 is 5.91 Å². The second kappa shape index (κ2) is 8.60. The summed E-state index contributed by atoms with van der Waals surface area (Å²) in [6.45, 7) is 9.69. The van der Waals surface area contributed by atoms with Gasteiger partial charge in [0.25, 0.3) is 0 Å². The number of morpholine rings is 1. The molecule has 0 radical (unpaired) electrons. The maximum atomic E-state index is 12.4. The van der Waals surface area contributed by atoms with Gasteiger partial charge in [-0.1, -0.05) is 30.3 Å². The quantitative estimate of drug-likeness (QED) is 0.748. The number of unbranched alkanes of at least 4 members (excludes halogenated alkanes) is 1. The lowest BCUT2D eigenvalue weighted by molar-refractivity contribution is -0.126. The molecule has 1 fully saturated rings. The molecule has 1 heterocycles. The van der Waals surface area contributed by atoms with E-state index in [1.54, 1.807) is 6.92 Å². The van der Waals surface area contributed by atoms with Crippen molar-refractivity contribution in [3.05, 3.63) is 35.9 Å². The zero-order valence-electron chi connectivity index (χ0n) is 15.1. The van der Waals surface area contributed by atoms with Gasteiger partial charge in [0.2, 0.25) is 5.91 Å². The molecule has 0 bridgehead atoms. The highest BCUT2D eigenvalue weighted by Gasteiger charge is 2.29. The SMILES string of the molecule is CC1CN(CCCCNC(=O)C(C)(N)c2ccccc2)CC(C)O1. The van der Waals surface area contributed by atoms with Crippen LogP contribution in [0.2, 0.25) is 0 Å². The molecule has 2 rings (SSSR count). The van der Waals surface area contributed by atoms with E-state index >= 15 is 0 Å². The number of nitrogens with zero attached hydrogens (tertiary/aromatic N) is 1. The van der Waals surface area contributed by atoms with Gasteiger partial charge in [0, 0.05) is 19.6 Å². The van der Waals surface area contributed by atoms with Crippen molar-refractivity contribution in [2.24, 2.45) is 5.73 Å². The molecular weight excluding hydrogens is 302 g/mol. The molecule has 0 saturated carbocycles. The van der Waals surface area contributed by atoms with Gasteiger partial charge in [-0.25, -0.2) is 0 Å². The predicted molar refractivity (Wildman–Crippen MR) is 96.7 cm³/mol. The predicted octanol–water partition coefficient (Wildman–Crippen LogP) is 1.87. The minimum atomic E-state index is -0.990. The van der Waals surface area contributed by atoms with E-state index in [0.717, 1.165) is 38.0 Å². The number of benzene rings is 1. The molecular formula is C19H31N3O2. The van der Waals surface area contributed by atoms with Gasteiger partial charge in [-0.3, -0.25) is 9.69 Å². The fraction of sp³-hybridized carbons (Fsp3) is 0.632. The molecule has 0 aliphatic carbocycles. The maximum absolute atomic E-state index is 12.4. The molecule has 1 aromatic carbocycles. The van der Waals surface area contributed by atoms with E-state index in [2.05, 4.69) is 24.1 Å². The van der Waals surface area contributed by atoms with Crippen LogP contribution in [0.4, 0.5) is 0 Å². The second-order valence-corrected chi connectivity index (χ2v) is 7.05. The van der Waals surface area contributed by atoms with Gasteiger partial charge < -0.3 is 15.8 Å². The average Bonchev–Trinajstić information content (AvgIpc) is 2.54. The fourth-order valence-electron chi connectivity index (χ4n) is 3.23. The molecule has 0 aromatic heterocycles. The minimum Gasteiger partial charge on any atom is -0.373 e. The highest BCUT2D eigenvalue weighted by atomic mass is 16.5. The smallest absolute Gasteiger partial charge is 0.244 e. The summed E-state index contributed by atoms with van der Waals surface area (Å²) in [5.41, 5.74) is 6.05. The number of carbonyl (C=O) groups is 1. The Kier molecular flexibility index (Phi) is 6.78. The van der Waals surface area contributed by atoms with E-state index in [9.17, 15) is 4.79 Å². The third-order valence-electron chi connectivity index (χ3n) is 4.53. The Morgan fingerprint density at radius 3 is 2.50 bits per heavy atom. The summed E-state index contributed by atoms with van der Waals surface area (Å²) in [7, 11) is 0. The molecule has 1 amide bonds. The lowest BCUT2D eigenvalue weighted by Crippen LogP contribution is -2.49. The molecule has 5 heteroatoms. The highest BCUT2D eigenvalue weighted by Crippen LogP contribution is 2.17. The molecule has 1 saturated heterocycles. The van der Waals surface area contributed by atoms with Crippen molar-refractivity contribution in [1.29, 1.82) is 0 Å². The van der Waals surface area contributed by atoms with E-state index in [-0.39, 0.29) is 5.91 Å². The van der Waals surface area contributed by atoms with Crippen molar-refractivity contribution < 1.29 is 9.53 Å². The number of nitrogens with one attached hydrogen (secondary N) is 1. The highest BCUT2D eigenvalue weighted by molar-refractivity contribution is 5.86. The summed E-state index contributed by atoms with van der Waals surface area (Å²) >= 11 is 0. The summed E-state index contributed by atoms with van der Waals surface area (Å²) in [5, 5.41) is 2.97. The Morgan fingerprint density at radius 2 is 1.88 bits per heavy atom. The molecule has 3 atom stereocenters. The lowest BCUT2D eigenvalue weighted by atomic mass is 9.92. The average molecular weight is 333 g/mol. The Labute approximate surface area is 145 Å². The van der Waals surface area contributed by atoms with Crippen molar-refractivity contribution in [2.45, 2.75) is 51.4 Å².